The van der Waals surface area contributed by atoms with E-state index in [1.807, 2.05) is 36.1 Å². The minimum Gasteiger partial charge on any atom is -0.334 e. The van der Waals surface area contributed by atoms with Gasteiger partial charge in [-0.3, -0.25) is 4.70 Å². The normalized spacial score (nSPS) is 6.43. The summed E-state index contributed by atoms with van der Waals surface area (Å²) < 4.78 is 82.0. The van der Waals surface area contributed by atoms with E-state index >= 15 is 0 Å². The second kappa shape index (κ2) is 30.7. The van der Waals surface area contributed by atoms with E-state index in [0.717, 1.165) is 5.52 Å². The number of aryl methyl sites for hydroxylation is 1. The molecule has 21 heavy (non-hydrogen) atoms. The summed E-state index contributed by atoms with van der Waals surface area (Å²) in [5, 5.41) is 0. The molecule has 13 heteroatoms. The lowest BCUT2D eigenvalue weighted by Crippen LogP contribution is -1.81. The molecular weight excluding hydrogens is 333 g/mol. The van der Waals surface area contributed by atoms with E-state index in [-0.39, 0.29) is 4.70 Å². The Labute approximate surface area is 110 Å². The van der Waals surface area contributed by atoms with E-state index in [9.17, 15) is 0 Å². The first kappa shape index (κ1) is 31.4. The maximum Gasteiger partial charge on any atom is 0.0955 e. The number of para-hydroxylation sites is 2. The fourth-order valence-electron chi connectivity index (χ4n) is 1.08. The van der Waals surface area contributed by atoms with Crippen molar-refractivity contribution in [3.05, 3.63) is 30.6 Å². The van der Waals surface area contributed by atoms with Gasteiger partial charge in [-0.2, -0.15) is 0 Å². The van der Waals surface area contributed by atoms with Crippen LogP contribution in [0.15, 0.2) is 30.6 Å². The van der Waals surface area contributed by atoms with Gasteiger partial charge in [0.15, 0.2) is 0 Å². The van der Waals surface area contributed by atoms with Crippen LogP contribution < -0.4 is 0 Å². The molecule has 1 heterocycles. The van der Waals surface area contributed by atoms with Crippen LogP contribution in [-0.4, -0.2) is 9.55 Å². The van der Waals surface area contributed by atoms with E-state index < -0.39 is 0 Å². The molecule has 1 aromatic heterocycles. The minimum atomic E-state index is 0. The number of nitrogens with zero attached hydrogens (tertiary/aromatic N) is 2. The summed E-state index contributed by atoms with van der Waals surface area (Å²) in [4.78, 5) is 4.18. The first-order valence-corrected chi connectivity index (χ1v) is 3.95. The maximum absolute atomic E-state index is 8.00. The van der Waals surface area contributed by atoms with Crippen LogP contribution in [-0.2, 0) is 7.05 Å². The molecule has 0 saturated heterocycles. The molecule has 0 bridgehead atoms. The monoisotopic (exact) mass is 342 g/mol. The van der Waals surface area contributed by atoms with Gasteiger partial charge in [-0.15, -0.1) is 0 Å². The Kier molecular flexibility index (Phi) is 45.9. The van der Waals surface area contributed by atoms with Crippen LogP contribution in [0.4, 0.5) is 50.4 Å². The first-order valence-electron chi connectivity index (χ1n) is 3.95. The Hall–Kier alpha value is -2.08. The molecule has 0 N–H and O–H groups in total. The van der Waals surface area contributed by atoms with Crippen molar-refractivity contribution in [1.82, 2.24) is 9.55 Å². The van der Waals surface area contributed by atoms with Crippen LogP contribution in [0, 0.1) is 0 Å². The van der Waals surface area contributed by atoms with Crippen molar-refractivity contribution in [3.8, 4) is 0 Å². The van der Waals surface area contributed by atoms with E-state index in [2.05, 4.69) is 11.1 Å². The molecule has 2 rings (SSSR count). The molecule has 0 fully saturated rings. The highest BCUT2D eigenvalue weighted by Crippen LogP contribution is 2.08. The van der Waals surface area contributed by atoms with Crippen LogP contribution in [0.5, 0.6) is 0 Å². The Morgan fingerprint density at radius 1 is 0.762 bits per heavy atom. The summed E-state index contributed by atoms with van der Waals surface area (Å²) in [7, 11) is 2.00. The van der Waals surface area contributed by atoms with Crippen molar-refractivity contribution in [2.75, 3.05) is 0 Å². The summed E-state index contributed by atoms with van der Waals surface area (Å²) in [5.41, 5.74) is 2.24. The van der Waals surface area contributed by atoms with Crippen molar-refractivity contribution in [2.45, 2.75) is 0 Å². The summed E-state index contributed by atoms with van der Waals surface area (Å²) in [6.07, 6.45) is 1.82. The number of fused-ring (bicyclic) bond motifs is 1. The second-order valence-electron chi connectivity index (χ2n) is 2.34. The average Bonchev–Trinajstić information content (AvgIpc) is 2.99. The standard InChI is InChI=1S/C8H8N2.5F2.FH/c1-10-6-9-7-4-2-3-5-8(7)10;5*1-2;/h2-6H,1H3;;;;;;1H. The molecule has 128 valence electrons. The van der Waals surface area contributed by atoms with Gasteiger partial charge in [0, 0.05) is 52.8 Å². The number of aromatic nitrogens is 2. The zero-order valence-corrected chi connectivity index (χ0v) is 9.97. The zero-order valence-electron chi connectivity index (χ0n) is 9.97. The van der Waals surface area contributed by atoms with Crippen molar-refractivity contribution in [3.63, 3.8) is 0 Å². The molecule has 0 aliphatic heterocycles. The average molecular weight is 342 g/mol. The number of benzene rings is 1. The topological polar surface area (TPSA) is 17.8 Å². The third-order valence-corrected chi connectivity index (χ3v) is 1.63. The Morgan fingerprint density at radius 2 is 1.14 bits per heavy atom. The quantitative estimate of drug-likeness (QED) is 0.543. The lowest BCUT2D eigenvalue weighted by atomic mass is 10.3. The van der Waals surface area contributed by atoms with E-state index in [1.54, 1.807) is 0 Å². The molecule has 0 aliphatic rings. The highest BCUT2D eigenvalue weighted by Gasteiger charge is 1.93. The Bertz CT molecular complexity index is 370. The molecule has 0 amide bonds. The largest absolute Gasteiger partial charge is 0.334 e. The van der Waals surface area contributed by atoms with Crippen molar-refractivity contribution >= 4 is 11.0 Å². The predicted octanol–water partition coefficient (Wildman–Crippen LogP) is 5.93. The number of hydrogen-bond acceptors (Lipinski definition) is 1. The van der Waals surface area contributed by atoms with Gasteiger partial charge in [-0.1, -0.05) is 12.1 Å². The summed E-state index contributed by atoms with van der Waals surface area (Å²) in [6.45, 7) is 0. The van der Waals surface area contributed by atoms with Gasteiger partial charge >= 0.3 is 0 Å². The van der Waals surface area contributed by atoms with E-state index in [4.69, 9.17) is 45.7 Å². The van der Waals surface area contributed by atoms with E-state index in [0.29, 0.717) is 0 Å². The highest BCUT2D eigenvalue weighted by molar-refractivity contribution is 5.74. The molecule has 0 atom stereocenters. The first-order chi connectivity index (χ1) is 9.88. The Balaban J connectivity index is -0.0000000674. The van der Waals surface area contributed by atoms with Gasteiger partial charge in [0.1, 0.15) is 0 Å². The molecule has 0 aliphatic carbocycles. The number of hydrogen-bond donors (Lipinski definition) is 0. The molecule has 0 spiro atoms. The Morgan fingerprint density at radius 3 is 1.52 bits per heavy atom. The van der Waals surface area contributed by atoms with Crippen LogP contribution in [0.2, 0.25) is 0 Å². The van der Waals surface area contributed by atoms with Gasteiger partial charge in [0.05, 0.1) is 17.4 Å². The van der Waals surface area contributed by atoms with Gasteiger partial charge in [0.25, 0.3) is 0 Å². The van der Waals surface area contributed by atoms with Crippen molar-refractivity contribution < 1.29 is 50.4 Å². The number of rotatable bonds is 0. The van der Waals surface area contributed by atoms with Gasteiger partial charge in [-0.05, 0) is 12.1 Å². The van der Waals surface area contributed by atoms with Gasteiger partial charge < -0.3 is 4.57 Å². The molecule has 0 radical (unpaired) electrons. The third-order valence-electron chi connectivity index (χ3n) is 1.63. The number of halogens is 11. The summed E-state index contributed by atoms with van der Waals surface area (Å²) in [6, 6.07) is 8.08. The second-order valence-corrected chi connectivity index (χ2v) is 2.34. The zero-order chi connectivity index (χ0) is 17.0. The molecule has 0 unspecified atom stereocenters. The van der Waals surface area contributed by atoms with Crippen LogP contribution in [0.3, 0.4) is 0 Å². The lowest BCUT2D eigenvalue weighted by Gasteiger charge is -1.90. The van der Waals surface area contributed by atoms with Crippen LogP contribution in [0.25, 0.3) is 11.0 Å². The SMILES string of the molecule is Cn1cnc2ccccc21.F.FF.FF.FF.FF.FF. The third kappa shape index (κ3) is 14.1. The molecule has 2 nitrogen and oxygen atoms in total. The van der Waals surface area contributed by atoms with Crippen LogP contribution >= 0.6 is 0 Å². The molecular formula is C8H9F11N2. The fourth-order valence-corrected chi connectivity index (χ4v) is 1.08. The van der Waals surface area contributed by atoms with Crippen LogP contribution in [0.1, 0.15) is 0 Å². The number of imidazole rings is 1. The fraction of sp³-hybridized carbons (Fsp3) is 0.125. The molecule has 2 aromatic rings. The molecule has 1 aromatic carbocycles. The summed E-state index contributed by atoms with van der Waals surface area (Å²) in [5.74, 6) is 0. The highest BCUT2D eigenvalue weighted by atomic mass is 20.0. The summed E-state index contributed by atoms with van der Waals surface area (Å²) >= 11 is 0. The maximum atomic E-state index is 8.00. The van der Waals surface area contributed by atoms with Gasteiger partial charge in [-0.25, -0.2) is 4.98 Å². The predicted molar refractivity (Wildman–Crippen MR) is 54.3 cm³/mol. The van der Waals surface area contributed by atoms with Crippen molar-refractivity contribution in [2.24, 2.45) is 7.05 Å². The smallest absolute Gasteiger partial charge is 0.0955 e. The minimum absolute atomic E-state index is 0. The molecule has 0 saturated carbocycles. The van der Waals surface area contributed by atoms with E-state index in [1.165, 1.54) is 5.52 Å². The van der Waals surface area contributed by atoms with Crippen molar-refractivity contribution in [1.29, 1.82) is 0 Å². The lowest BCUT2D eigenvalue weighted by molar-refractivity contribution is 0.108. The van der Waals surface area contributed by atoms with Gasteiger partial charge in [0.2, 0.25) is 0 Å².